The van der Waals surface area contributed by atoms with Crippen LogP contribution in [0.4, 0.5) is 5.69 Å². The van der Waals surface area contributed by atoms with Gasteiger partial charge in [-0.15, -0.1) is 0 Å². The summed E-state index contributed by atoms with van der Waals surface area (Å²) in [5.74, 6) is -1.03. The van der Waals surface area contributed by atoms with Crippen LogP contribution in [-0.4, -0.2) is 29.3 Å². The zero-order valence-corrected chi connectivity index (χ0v) is 12.1. The Morgan fingerprint density at radius 2 is 2.00 bits per heavy atom. The zero-order chi connectivity index (χ0) is 14.6. The second-order valence-corrected chi connectivity index (χ2v) is 5.98. The highest BCUT2D eigenvalue weighted by Gasteiger charge is 2.31. The van der Waals surface area contributed by atoms with Crippen molar-refractivity contribution in [1.29, 1.82) is 0 Å². The molecule has 0 saturated heterocycles. The Morgan fingerprint density at radius 1 is 1.30 bits per heavy atom. The Balaban J connectivity index is 2.06. The van der Waals surface area contributed by atoms with Crippen LogP contribution in [0.2, 0.25) is 5.02 Å². The molecule has 3 N–H and O–H groups in total. The summed E-state index contributed by atoms with van der Waals surface area (Å²) in [5, 5.41) is 22.2. The molecule has 0 radical (unpaired) electrons. The van der Waals surface area contributed by atoms with Crippen molar-refractivity contribution in [1.82, 2.24) is 0 Å². The molecule has 4 nitrogen and oxygen atoms in total. The van der Waals surface area contributed by atoms with Crippen LogP contribution in [-0.2, 0) is 0 Å². The van der Waals surface area contributed by atoms with Gasteiger partial charge in [0.05, 0.1) is 17.2 Å². The molecule has 5 heteroatoms. The number of rotatable bonds is 5. The first kappa shape index (κ1) is 15.1. The summed E-state index contributed by atoms with van der Waals surface area (Å²) >= 11 is 5.85. The van der Waals surface area contributed by atoms with E-state index in [1.165, 1.54) is 6.42 Å². The van der Waals surface area contributed by atoms with Gasteiger partial charge in [-0.05, 0) is 31.0 Å². The van der Waals surface area contributed by atoms with Crippen LogP contribution < -0.4 is 5.32 Å². The molecule has 1 aliphatic rings. The van der Waals surface area contributed by atoms with E-state index >= 15 is 0 Å². The molecule has 0 spiro atoms. The van der Waals surface area contributed by atoms with E-state index in [1.807, 2.05) is 0 Å². The molecule has 1 aromatic rings. The van der Waals surface area contributed by atoms with Crippen LogP contribution >= 0.6 is 11.6 Å². The van der Waals surface area contributed by atoms with E-state index in [9.17, 15) is 9.90 Å². The number of aliphatic hydroxyl groups is 1. The van der Waals surface area contributed by atoms with Crippen molar-refractivity contribution in [3.63, 3.8) is 0 Å². The standard InChI is InChI=1S/C15H20ClNO3/c16-13-5-4-11(8-12(13)14(19)20)17-9-15(10-18)6-2-1-3-7-15/h4-5,8,17-18H,1-3,6-7,9-10H2,(H,19,20). The molecule has 0 heterocycles. The highest BCUT2D eigenvalue weighted by molar-refractivity contribution is 6.33. The molecule has 1 fully saturated rings. The summed E-state index contributed by atoms with van der Waals surface area (Å²) in [6.45, 7) is 0.823. The molecule has 1 aromatic carbocycles. The third-order valence-corrected chi connectivity index (χ3v) is 4.44. The number of nitrogens with one attached hydrogen (secondary N) is 1. The van der Waals surface area contributed by atoms with Crippen molar-refractivity contribution in [3.05, 3.63) is 28.8 Å². The van der Waals surface area contributed by atoms with E-state index in [-0.39, 0.29) is 22.6 Å². The monoisotopic (exact) mass is 297 g/mol. The minimum absolute atomic E-state index is 0.0821. The largest absolute Gasteiger partial charge is 0.478 e. The second kappa shape index (κ2) is 6.46. The predicted octanol–water partition coefficient (Wildman–Crippen LogP) is 3.39. The number of aromatic carboxylic acids is 1. The number of hydrogen-bond acceptors (Lipinski definition) is 3. The number of carboxylic acid groups (broad SMARTS) is 1. The van der Waals surface area contributed by atoms with Crippen molar-refractivity contribution in [2.75, 3.05) is 18.5 Å². The first-order chi connectivity index (χ1) is 9.56. The third-order valence-electron chi connectivity index (χ3n) is 4.11. The van der Waals surface area contributed by atoms with Crippen molar-refractivity contribution in [2.45, 2.75) is 32.1 Å². The first-order valence-corrected chi connectivity index (χ1v) is 7.32. The van der Waals surface area contributed by atoms with Gasteiger partial charge < -0.3 is 15.5 Å². The van der Waals surface area contributed by atoms with Crippen molar-refractivity contribution in [2.24, 2.45) is 5.41 Å². The Hall–Kier alpha value is -1.26. The summed E-state index contributed by atoms with van der Waals surface area (Å²) < 4.78 is 0. The highest BCUT2D eigenvalue weighted by atomic mass is 35.5. The summed E-state index contributed by atoms with van der Waals surface area (Å²) in [6.07, 6.45) is 5.53. The lowest BCUT2D eigenvalue weighted by atomic mass is 9.74. The Bertz CT molecular complexity index is 484. The number of carbonyl (C=O) groups is 1. The van der Waals surface area contributed by atoms with E-state index in [0.29, 0.717) is 6.54 Å². The van der Waals surface area contributed by atoms with E-state index in [0.717, 1.165) is 31.4 Å². The average Bonchev–Trinajstić information content (AvgIpc) is 2.47. The van der Waals surface area contributed by atoms with Gasteiger partial charge in [0, 0.05) is 17.6 Å². The van der Waals surface area contributed by atoms with Gasteiger partial charge in [-0.25, -0.2) is 4.79 Å². The minimum atomic E-state index is -1.03. The summed E-state index contributed by atoms with van der Waals surface area (Å²) in [5.41, 5.74) is 0.741. The number of benzene rings is 1. The predicted molar refractivity (Wildman–Crippen MR) is 79.5 cm³/mol. The van der Waals surface area contributed by atoms with E-state index in [1.54, 1.807) is 18.2 Å². The molecular formula is C15H20ClNO3. The Labute approximate surface area is 123 Å². The topological polar surface area (TPSA) is 69.6 Å². The van der Waals surface area contributed by atoms with Crippen LogP contribution in [0.15, 0.2) is 18.2 Å². The number of aliphatic hydroxyl groups excluding tert-OH is 1. The number of hydrogen-bond donors (Lipinski definition) is 3. The molecule has 1 aliphatic carbocycles. The lowest BCUT2D eigenvalue weighted by Gasteiger charge is -2.36. The SMILES string of the molecule is O=C(O)c1cc(NCC2(CO)CCCCC2)ccc1Cl. The second-order valence-electron chi connectivity index (χ2n) is 5.57. The summed E-state index contributed by atoms with van der Waals surface area (Å²) in [6, 6.07) is 4.89. The maximum absolute atomic E-state index is 11.0. The number of halogens is 1. The summed E-state index contributed by atoms with van der Waals surface area (Å²) in [4.78, 5) is 11.0. The van der Waals surface area contributed by atoms with Crippen molar-refractivity contribution in [3.8, 4) is 0 Å². The van der Waals surface area contributed by atoms with Crippen LogP contribution in [0.25, 0.3) is 0 Å². The molecule has 0 bridgehead atoms. The molecule has 0 amide bonds. The third kappa shape index (κ3) is 3.44. The van der Waals surface area contributed by atoms with E-state index < -0.39 is 5.97 Å². The molecule has 0 unspecified atom stereocenters. The van der Waals surface area contributed by atoms with Gasteiger partial charge in [0.1, 0.15) is 0 Å². The van der Waals surface area contributed by atoms with Crippen LogP contribution in [0, 0.1) is 5.41 Å². The molecule has 0 atom stereocenters. The van der Waals surface area contributed by atoms with Crippen LogP contribution in [0.1, 0.15) is 42.5 Å². The quantitative estimate of drug-likeness (QED) is 0.779. The Morgan fingerprint density at radius 3 is 2.60 bits per heavy atom. The maximum atomic E-state index is 11.0. The molecule has 110 valence electrons. The zero-order valence-electron chi connectivity index (χ0n) is 11.4. The fraction of sp³-hybridized carbons (Fsp3) is 0.533. The first-order valence-electron chi connectivity index (χ1n) is 6.94. The van der Waals surface area contributed by atoms with Crippen LogP contribution in [0.3, 0.4) is 0 Å². The number of anilines is 1. The normalized spacial score (nSPS) is 17.7. The highest BCUT2D eigenvalue weighted by Crippen LogP contribution is 2.36. The van der Waals surface area contributed by atoms with Gasteiger partial charge in [0.25, 0.3) is 0 Å². The maximum Gasteiger partial charge on any atom is 0.337 e. The van der Waals surface area contributed by atoms with Gasteiger partial charge in [0.2, 0.25) is 0 Å². The molecule has 2 rings (SSSR count). The average molecular weight is 298 g/mol. The molecule has 1 saturated carbocycles. The smallest absolute Gasteiger partial charge is 0.337 e. The fourth-order valence-electron chi connectivity index (χ4n) is 2.78. The molecule has 0 aliphatic heterocycles. The lowest BCUT2D eigenvalue weighted by Crippen LogP contribution is -2.35. The fourth-order valence-corrected chi connectivity index (χ4v) is 2.98. The number of carboxylic acids is 1. The summed E-state index contributed by atoms with van der Waals surface area (Å²) in [7, 11) is 0. The van der Waals surface area contributed by atoms with Gasteiger partial charge in [-0.2, -0.15) is 0 Å². The van der Waals surface area contributed by atoms with E-state index in [4.69, 9.17) is 16.7 Å². The van der Waals surface area contributed by atoms with Gasteiger partial charge >= 0.3 is 5.97 Å². The van der Waals surface area contributed by atoms with Gasteiger partial charge in [-0.3, -0.25) is 0 Å². The van der Waals surface area contributed by atoms with Crippen molar-refractivity contribution >= 4 is 23.3 Å². The van der Waals surface area contributed by atoms with Crippen LogP contribution in [0.5, 0.6) is 0 Å². The molecule has 0 aromatic heterocycles. The van der Waals surface area contributed by atoms with Crippen molar-refractivity contribution < 1.29 is 15.0 Å². The van der Waals surface area contributed by atoms with Gasteiger partial charge in [0.15, 0.2) is 0 Å². The van der Waals surface area contributed by atoms with E-state index in [2.05, 4.69) is 5.32 Å². The minimum Gasteiger partial charge on any atom is -0.478 e. The lowest BCUT2D eigenvalue weighted by molar-refractivity contribution is 0.0697. The molecular weight excluding hydrogens is 278 g/mol. The Kier molecular flexibility index (Phi) is 4.89. The van der Waals surface area contributed by atoms with Gasteiger partial charge in [-0.1, -0.05) is 30.9 Å². The molecule has 20 heavy (non-hydrogen) atoms.